The van der Waals surface area contributed by atoms with Gasteiger partial charge in [-0.2, -0.15) is 4.98 Å². The highest BCUT2D eigenvalue weighted by atomic mass is 16.5. The lowest BCUT2D eigenvalue weighted by atomic mass is 9.99. The van der Waals surface area contributed by atoms with Gasteiger partial charge in [-0.3, -0.25) is 9.98 Å². The van der Waals surface area contributed by atoms with Gasteiger partial charge >= 0.3 is 0 Å². The SMILES string of the molecule is CCNC(=NCCc1noc(-c2ccccn2)n1)N1CCC(Cc2ccccc2)C1. The van der Waals surface area contributed by atoms with Crippen LogP contribution in [0.1, 0.15) is 24.7 Å². The third-order valence-electron chi connectivity index (χ3n) is 5.24. The molecule has 2 aromatic heterocycles. The predicted molar refractivity (Wildman–Crippen MR) is 117 cm³/mol. The zero-order valence-electron chi connectivity index (χ0n) is 17.4. The van der Waals surface area contributed by atoms with Crippen molar-refractivity contribution in [2.24, 2.45) is 10.9 Å². The Kier molecular flexibility index (Phi) is 6.69. The van der Waals surface area contributed by atoms with Gasteiger partial charge in [-0.15, -0.1) is 0 Å². The third-order valence-corrected chi connectivity index (χ3v) is 5.24. The van der Waals surface area contributed by atoms with Crippen LogP contribution >= 0.6 is 0 Å². The van der Waals surface area contributed by atoms with Crippen molar-refractivity contribution in [3.05, 3.63) is 66.1 Å². The van der Waals surface area contributed by atoms with Crippen molar-refractivity contribution in [1.29, 1.82) is 0 Å². The molecule has 0 bridgehead atoms. The Morgan fingerprint density at radius 3 is 2.87 bits per heavy atom. The summed E-state index contributed by atoms with van der Waals surface area (Å²) in [6, 6.07) is 16.4. The lowest BCUT2D eigenvalue weighted by Crippen LogP contribution is -2.40. The van der Waals surface area contributed by atoms with Gasteiger partial charge in [0.25, 0.3) is 5.89 Å². The van der Waals surface area contributed by atoms with Gasteiger partial charge in [0.2, 0.25) is 0 Å². The second-order valence-electron chi connectivity index (χ2n) is 7.51. The quantitative estimate of drug-likeness (QED) is 0.481. The van der Waals surface area contributed by atoms with Crippen molar-refractivity contribution >= 4 is 5.96 Å². The number of nitrogens with zero attached hydrogens (tertiary/aromatic N) is 5. The molecule has 1 aliphatic rings. The molecule has 30 heavy (non-hydrogen) atoms. The van der Waals surface area contributed by atoms with Crippen LogP contribution in [0.5, 0.6) is 0 Å². The molecule has 1 saturated heterocycles. The van der Waals surface area contributed by atoms with E-state index in [4.69, 9.17) is 9.52 Å². The number of hydrogen-bond donors (Lipinski definition) is 1. The summed E-state index contributed by atoms with van der Waals surface area (Å²) in [4.78, 5) is 15.9. The van der Waals surface area contributed by atoms with Crippen LogP contribution in [0.15, 0.2) is 64.2 Å². The number of guanidine groups is 1. The predicted octanol–water partition coefficient (Wildman–Crippen LogP) is 3.20. The maximum Gasteiger partial charge on any atom is 0.276 e. The number of benzene rings is 1. The van der Waals surface area contributed by atoms with E-state index in [-0.39, 0.29) is 0 Å². The molecule has 0 spiro atoms. The number of aliphatic imine (C=N–C) groups is 1. The smallest absolute Gasteiger partial charge is 0.276 e. The molecular formula is C23H28N6O. The summed E-state index contributed by atoms with van der Waals surface area (Å²) < 4.78 is 5.33. The van der Waals surface area contributed by atoms with Gasteiger partial charge in [0.15, 0.2) is 11.8 Å². The van der Waals surface area contributed by atoms with E-state index in [0.717, 1.165) is 32.0 Å². The van der Waals surface area contributed by atoms with Crippen molar-refractivity contribution < 1.29 is 4.52 Å². The van der Waals surface area contributed by atoms with Gasteiger partial charge in [0.1, 0.15) is 5.69 Å². The highest BCUT2D eigenvalue weighted by Crippen LogP contribution is 2.21. The molecule has 156 valence electrons. The van der Waals surface area contributed by atoms with E-state index < -0.39 is 0 Å². The number of aromatic nitrogens is 3. The van der Waals surface area contributed by atoms with Gasteiger partial charge in [-0.25, -0.2) is 0 Å². The van der Waals surface area contributed by atoms with Crippen LogP contribution in [0.3, 0.4) is 0 Å². The molecule has 7 nitrogen and oxygen atoms in total. The molecule has 0 saturated carbocycles. The first-order valence-corrected chi connectivity index (χ1v) is 10.6. The molecule has 1 fully saturated rings. The number of rotatable bonds is 7. The van der Waals surface area contributed by atoms with E-state index in [1.54, 1.807) is 6.20 Å². The molecule has 1 atom stereocenters. The zero-order valence-corrected chi connectivity index (χ0v) is 17.4. The van der Waals surface area contributed by atoms with Gasteiger partial charge in [0.05, 0.1) is 0 Å². The topological polar surface area (TPSA) is 79.4 Å². The molecule has 1 N–H and O–H groups in total. The van der Waals surface area contributed by atoms with Gasteiger partial charge < -0.3 is 14.7 Å². The Balaban J connectivity index is 1.32. The van der Waals surface area contributed by atoms with Gasteiger partial charge in [0, 0.05) is 38.8 Å². The molecular weight excluding hydrogens is 376 g/mol. The Bertz CT molecular complexity index is 941. The largest absolute Gasteiger partial charge is 0.357 e. The second kappa shape index (κ2) is 10.0. The number of nitrogens with one attached hydrogen (secondary N) is 1. The third kappa shape index (κ3) is 5.23. The van der Waals surface area contributed by atoms with E-state index in [1.165, 1.54) is 12.0 Å². The van der Waals surface area contributed by atoms with Crippen LogP contribution in [0, 0.1) is 5.92 Å². The molecule has 1 aromatic carbocycles. The minimum absolute atomic E-state index is 0.449. The highest BCUT2D eigenvalue weighted by molar-refractivity contribution is 5.80. The number of hydrogen-bond acceptors (Lipinski definition) is 5. The summed E-state index contributed by atoms with van der Waals surface area (Å²) in [5.74, 6) is 2.74. The fourth-order valence-corrected chi connectivity index (χ4v) is 3.78. The maximum atomic E-state index is 5.33. The highest BCUT2D eigenvalue weighted by Gasteiger charge is 2.25. The first-order valence-electron chi connectivity index (χ1n) is 10.6. The van der Waals surface area contributed by atoms with Crippen molar-refractivity contribution in [1.82, 2.24) is 25.3 Å². The molecule has 1 unspecified atom stereocenters. The van der Waals surface area contributed by atoms with Crippen molar-refractivity contribution in [2.45, 2.75) is 26.2 Å². The summed E-state index contributed by atoms with van der Waals surface area (Å²) in [5, 5.41) is 7.49. The summed E-state index contributed by atoms with van der Waals surface area (Å²) in [6.07, 6.45) is 4.66. The molecule has 3 heterocycles. The first-order chi connectivity index (χ1) is 14.8. The summed E-state index contributed by atoms with van der Waals surface area (Å²) in [5.41, 5.74) is 2.10. The van der Waals surface area contributed by atoms with E-state index in [0.29, 0.717) is 36.3 Å². The van der Waals surface area contributed by atoms with Crippen LogP contribution in [0.25, 0.3) is 11.6 Å². The first kappa shape index (κ1) is 20.1. The molecule has 7 heteroatoms. The van der Waals surface area contributed by atoms with Gasteiger partial charge in [-0.05, 0) is 43.4 Å². The minimum Gasteiger partial charge on any atom is -0.357 e. The molecule has 0 amide bonds. The van der Waals surface area contributed by atoms with Crippen molar-refractivity contribution in [3.8, 4) is 11.6 Å². The van der Waals surface area contributed by atoms with Gasteiger partial charge in [-0.1, -0.05) is 41.6 Å². The molecule has 1 aliphatic heterocycles. The average molecular weight is 405 g/mol. The Hall–Kier alpha value is -3.22. The Morgan fingerprint density at radius 2 is 2.07 bits per heavy atom. The van der Waals surface area contributed by atoms with Crippen LogP contribution < -0.4 is 5.32 Å². The Labute approximate surface area is 177 Å². The Morgan fingerprint density at radius 1 is 1.20 bits per heavy atom. The fraction of sp³-hybridized carbons (Fsp3) is 0.391. The average Bonchev–Trinajstić information content (AvgIpc) is 3.44. The van der Waals surface area contributed by atoms with Crippen molar-refractivity contribution in [2.75, 3.05) is 26.2 Å². The lowest BCUT2D eigenvalue weighted by Gasteiger charge is -2.21. The summed E-state index contributed by atoms with van der Waals surface area (Å²) in [6.45, 7) is 5.64. The summed E-state index contributed by atoms with van der Waals surface area (Å²) >= 11 is 0. The number of pyridine rings is 1. The standard InChI is InChI=1S/C23H28N6O/c1-2-24-23(29-15-12-19(17-29)16-18-8-4-3-5-9-18)26-14-11-21-27-22(30-28-21)20-10-6-7-13-25-20/h3-10,13,19H,2,11-12,14-17H2,1H3,(H,24,26). The molecule has 3 aromatic rings. The van der Waals surface area contributed by atoms with Crippen LogP contribution in [0.4, 0.5) is 0 Å². The van der Waals surface area contributed by atoms with Crippen LogP contribution in [-0.2, 0) is 12.8 Å². The van der Waals surface area contributed by atoms with E-state index in [1.807, 2.05) is 18.2 Å². The molecule has 0 radical (unpaired) electrons. The van der Waals surface area contributed by atoms with E-state index in [9.17, 15) is 0 Å². The second-order valence-corrected chi connectivity index (χ2v) is 7.51. The van der Waals surface area contributed by atoms with Crippen LogP contribution in [-0.4, -0.2) is 52.2 Å². The van der Waals surface area contributed by atoms with Crippen LogP contribution in [0.2, 0.25) is 0 Å². The van der Waals surface area contributed by atoms with E-state index in [2.05, 4.69) is 62.6 Å². The number of likely N-dealkylation sites (tertiary alicyclic amines) is 1. The monoisotopic (exact) mass is 404 g/mol. The van der Waals surface area contributed by atoms with Crippen molar-refractivity contribution in [3.63, 3.8) is 0 Å². The molecule has 4 rings (SSSR count). The maximum absolute atomic E-state index is 5.33. The summed E-state index contributed by atoms with van der Waals surface area (Å²) in [7, 11) is 0. The lowest BCUT2D eigenvalue weighted by molar-refractivity contribution is 0.421. The normalized spacial score (nSPS) is 16.8. The fourth-order valence-electron chi connectivity index (χ4n) is 3.78. The van der Waals surface area contributed by atoms with E-state index >= 15 is 0 Å². The minimum atomic E-state index is 0.449. The zero-order chi connectivity index (χ0) is 20.6. The molecule has 0 aliphatic carbocycles.